The Morgan fingerprint density at radius 1 is 1.19 bits per heavy atom. The van der Waals surface area contributed by atoms with E-state index in [-0.39, 0.29) is 11.9 Å². The average molecular weight is 500 g/mol. The number of hydrogen-bond donors (Lipinski definition) is 2. The Morgan fingerprint density at radius 2 is 2.00 bits per heavy atom. The van der Waals surface area contributed by atoms with Gasteiger partial charge in [0.05, 0.1) is 9.35 Å². The van der Waals surface area contributed by atoms with Gasteiger partial charge in [-0.3, -0.25) is 10.1 Å². The number of thiophene rings is 1. The van der Waals surface area contributed by atoms with Gasteiger partial charge in [-0.1, -0.05) is 37.5 Å². The van der Waals surface area contributed by atoms with Crippen molar-refractivity contribution in [3.05, 3.63) is 41.0 Å². The van der Waals surface area contributed by atoms with Crippen LogP contribution in [0.4, 0.5) is 10.7 Å². The van der Waals surface area contributed by atoms with E-state index in [2.05, 4.69) is 49.7 Å². The largest absolute Gasteiger partial charge is 0.352 e. The summed E-state index contributed by atoms with van der Waals surface area (Å²) in [6.07, 6.45) is 6.26. The Balaban J connectivity index is 1.31. The summed E-state index contributed by atoms with van der Waals surface area (Å²) < 4.78 is 2.04. The normalized spacial score (nSPS) is 18.0. The molecule has 0 atom stereocenters. The molecule has 0 bridgehead atoms. The number of amides is 3. The molecule has 9 heteroatoms. The molecule has 3 amide bonds. The number of nitrogens with one attached hydrogen (secondary N) is 2. The second kappa shape index (κ2) is 8.20. The highest BCUT2D eigenvalue weighted by molar-refractivity contribution is 9.10. The van der Waals surface area contributed by atoms with Crippen molar-refractivity contribution in [3.63, 3.8) is 0 Å². The first-order chi connectivity index (χ1) is 15.1. The summed E-state index contributed by atoms with van der Waals surface area (Å²) in [5, 5.41) is 6.92. The van der Waals surface area contributed by atoms with Crippen molar-refractivity contribution < 1.29 is 9.59 Å². The smallest absolute Gasteiger partial charge is 0.325 e. The molecule has 1 aliphatic heterocycles. The second-order valence-corrected chi connectivity index (χ2v) is 9.91. The van der Waals surface area contributed by atoms with Crippen molar-refractivity contribution in [2.75, 3.05) is 18.4 Å². The monoisotopic (exact) mass is 499 g/mol. The number of urea groups is 1. The average Bonchev–Trinajstić information content (AvgIpc) is 3.30. The lowest BCUT2D eigenvalue weighted by molar-refractivity contribution is -0.128. The minimum absolute atomic E-state index is 0.149. The van der Waals surface area contributed by atoms with E-state index in [1.165, 1.54) is 10.1 Å². The molecule has 1 spiro atoms. The van der Waals surface area contributed by atoms with Gasteiger partial charge in [-0.2, -0.15) is 0 Å². The first kappa shape index (κ1) is 20.4. The van der Waals surface area contributed by atoms with E-state index in [0.717, 1.165) is 47.1 Å². The Morgan fingerprint density at radius 3 is 2.81 bits per heavy atom. The highest BCUT2D eigenvalue weighted by Crippen LogP contribution is 2.37. The van der Waals surface area contributed by atoms with Gasteiger partial charge in [0.15, 0.2) is 0 Å². The zero-order chi connectivity index (χ0) is 21.4. The van der Waals surface area contributed by atoms with Crippen molar-refractivity contribution in [3.8, 4) is 10.6 Å². The lowest BCUT2D eigenvalue weighted by atomic mass is 9.80. The quantitative estimate of drug-likeness (QED) is 0.492. The third kappa shape index (κ3) is 3.70. The van der Waals surface area contributed by atoms with Crippen LogP contribution >= 0.6 is 27.3 Å². The van der Waals surface area contributed by atoms with Crippen molar-refractivity contribution in [1.29, 1.82) is 0 Å². The van der Waals surface area contributed by atoms with E-state index in [9.17, 15) is 9.59 Å². The highest BCUT2D eigenvalue weighted by Gasteiger charge is 2.52. The summed E-state index contributed by atoms with van der Waals surface area (Å²) in [6, 6.07) is 10.1. The maximum absolute atomic E-state index is 12.5. The summed E-state index contributed by atoms with van der Waals surface area (Å²) in [4.78, 5) is 36.7. The van der Waals surface area contributed by atoms with E-state index >= 15 is 0 Å². The maximum Gasteiger partial charge on any atom is 0.325 e. The van der Waals surface area contributed by atoms with Gasteiger partial charge in [0.2, 0.25) is 5.95 Å². The molecule has 2 N–H and O–H groups in total. The van der Waals surface area contributed by atoms with Crippen LogP contribution in [0.1, 0.15) is 32.1 Å². The van der Waals surface area contributed by atoms with E-state index in [0.29, 0.717) is 19.0 Å². The fraction of sp³-hybridized carbons (Fsp3) is 0.364. The molecular formula is C22H22BrN5O2S. The van der Waals surface area contributed by atoms with Crippen molar-refractivity contribution in [1.82, 2.24) is 20.2 Å². The Kier molecular flexibility index (Phi) is 5.39. The SMILES string of the molecule is O=C1NC(=O)C2(CCCCC2)N1CCNc1ncc(Br)c(-c2cc3ccccc3s2)n1. The molecule has 1 aromatic carbocycles. The van der Waals surface area contributed by atoms with Crippen LogP contribution in [-0.2, 0) is 4.79 Å². The summed E-state index contributed by atoms with van der Waals surface area (Å²) in [7, 11) is 0. The number of rotatable bonds is 5. The molecule has 2 fully saturated rings. The summed E-state index contributed by atoms with van der Waals surface area (Å²) in [5.41, 5.74) is 0.149. The predicted molar refractivity (Wildman–Crippen MR) is 125 cm³/mol. The molecule has 1 saturated heterocycles. The Hall–Kier alpha value is -2.52. The van der Waals surface area contributed by atoms with Crippen LogP contribution in [0.3, 0.4) is 0 Å². The maximum atomic E-state index is 12.5. The van der Waals surface area contributed by atoms with Crippen LogP contribution in [0.2, 0.25) is 0 Å². The predicted octanol–water partition coefficient (Wildman–Crippen LogP) is 4.79. The van der Waals surface area contributed by atoms with Crippen LogP contribution < -0.4 is 10.6 Å². The standard InChI is InChI=1S/C22H22BrN5O2S/c23-15-13-25-20(26-18(15)17-12-14-6-2-3-7-16(14)31-17)24-10-11-28-21(30)27-19(29)22(28)8-4-1-5-9-22/h2-3,6-7,12-13H,1,4-5,8-11H2,(H,24,25,26)(H,27,29,30). The van der Waals surface area contributed by atoms with Crippen LogP contribution in [0.25, 0.3) is 20.7 Å². The topological polar surface area (TPSA) is 87.2 Å². The minimum Gasteiger partial charge on any atom is -0.352 e. The molecule has 160 valence electrons. The lowest BCUT2D eigenvalue weighted by Crippen LogP contribution is -2.52. The number of fused-ring (bicyclic) bond motifs is 1. The molecule has 2 aromatic heterocycles. The van der Waals surface area contributed by atoms with E-state index in [1.807, 2.05) is 12.1 Å². The van der Waals surface area contributed by atoms with Gasteiger partial charge in [-0.15, -0.1) is 11.3 Å². The van der Waals surface area contributed by atoms with Gasteiger partial charge in [0, 0.05) is 24.0 Å². The Labute approximate surface area is 192 Å². The van der Waals surface area contributed by atoms with E-state index in [4.69, 9.17) is 4.98 Å². The number of carbonyl (C=O) groups excluding carboxylic acids is 2. The fourth-order valence-electron chi connectivity index (χ4n) is 4.55. The number of carbonyl (C=O) groups is 2. The third-order valence-corrected chi connectivity index (χ3v) is 7.81. The highest BCUT2D eigenvalue weighted by atomic mass is 79.9. The van der Waals surface area contributed by atoms with Gasteiger partial charge in [-0.25, -0.2) is 14.8 Å². The lowest BCUT2D eigenvalue weighted by Gasteiger charge is -2.38. The van der Waals surface area contributed by atoms with Crippen LogP contribution in [0.5, 0.6) is 0 Å². The first-order valence-electron chi connectivity index (χ1n) is 10.5. The summed E-state index contributed by atoms with van der Waals surface area (Å²) >= 11 is 5.25. The summed E-state index contributed by atoms with van der Waals surface area (Å²) in [6.45, 7) is 0.894. The number of benzene rings is 1. The van der Waals surface area contributed by atoms with Crippen molar-refractivity contribution in [2.45, 2.75) is 37.6 Å². The molecule has 5 rings (SSSR count). The van der Waals surface area contributed by atoms with Gasteiger partial charge in [0.25, 0.3) is 5.91 Å². The van der Waals surface area contributed by atoms with Gasteiger partial charge < -0.3 is 10.2 Å². The first-order valence-corrected chi connectivity index (χ1v) is 12.1. The van der Waals surface area contributed by atoms with Crippen molar-refractivity contribution in [2.24, 2.45) is 0 Å². The van der Waals surface area contributed by atoms with E-state index in [1.54, 1.807) is 22.4 Å². The van der Waals surface area contributed by atoms with Crippen LogP contribution in [-0.4, -0.2) is 45.4 Å². The number of nitrogens with zero attached hydrogens (tertiary/aromatic N) is 3. The summed E-state index contributed by atoms with van der Waals surface area (Å²) in [5.74, 6) is 0.350. The van der Waals surface area contributed by atoms with Crippen LogP contribution in [0, 0.1) is 0 Å². The molecule has 3 aromatic rings. The molecular weight excluding hydrogens is 478 g/mol. The zero-order valence-corrected chi connectivity index (χ0v) is 19.3. The molecule has 0 radical (unpaired) electrons. The molecule has 31 heavy (non-hydrogen) atoms. The number of aromatic nitrogens is 2. The number of halogens is 1. The van der Waals surface area contributed by atoms with Gasteiger partial charge in [0.1, 0.15) is 11.2 Å². The third-order valence-electron chi connectivity index (χ3n) is 6.11. The number of hydrogen-bond acceptors (Lipinski definition) is 6. The Bertz CT molecular complexity index is 1120. The molecule has 7 nitrogen and oxygen atoms in total. The molecule has 1 aliphatic carbocycles. The van der Waals surface area contributed by atoms with E-state index < -0.39 is 5.54 Å². The molecule has 3 heterocycles. The van der Waals surface area contributed by atoms with Gasteiger partial charge >= 0.3 is 6.03 Å². The molecule has 0 unspecified atom stereocenters. The molecule has 2 aliphatic rings. The van der Waals surface area contributed by atoms with Crippen molar-refractivity contribution >= 4 is 55.2 Å². The molecule has 1 saturated carbocycles. The van der Waals surface area contributed by atoms with Gasteiger partial charge in [-0.05, 0) is 46.3 Å². The minimum atomic E-state index is -0.681. The van der Waals surface area contributed by atoms with Crippen LogP contribution in [0.15, 0.2) is 41.0 Å². The number of imide groups is 1. The second-order valence-electron chi connectivity index (χ2n) is 7.97. The number of anilines is 1. The zero-order valence-electron chi connectivity index (χ0n) is 16.9. The fourth-order valence-corrected chi connectivity index (χ4v) is 6.15.